The Morgan fingerprint density at radius 1 is 1.18 bits per heavy atom. The summed E-state index contributed by atoms with van der Waals surface area (Å²) in [7, 11) is -4.75. The van der Waals surface area contributed by atoms with Gasteiger partial charge in [0.05, 0.1) is 5.69 Å². The highest BCUT2D eigenvalue weighted by molar-refractivity contribution is 7.92. The van der Waals surface area contributed by atoms with Crippen molar-refractivity contribution in [1.29, 1.82) is 0 Å². The van der Waals surface area contributed by atoms with Gasteiger partial charge in [0.15, 0.2) is 10.7 Å². The van der Waals surface area contributed by atoms with Gasteiger partial charge in [0.2, 0.25) is 5.95 Å². The van der Waals surface area contributed by atoms with Gasteiger partial charge in [-0.1, -0.05) is 17.7 Å². The fourth-order valence-electron chi connectivity index (χ4n) is 4.90. The number of benzene rings is 1. The summed E-state index contributed by atoms with van der Waals surface area (Å²) in [5, 5.41) is -0.492. The van der Waals surface area contributed by atoms with Crippen LogP contribution < -0.4 is 9.62 Å². The molecule has 1 fully saturated rings. The van der Waals surface area contributed by atoms with Crippen LogP contribution in [0.2, 0.25) is 5.02 Å². The van der Waals surface area contributed by atoms with E-state index in [4.69, 9.17) is 11.6 Å². The van der Waals surface area contributed by atoms with Gasteiger partial charge in [-0.15, -0.1) is 0 Å². The van der Waals surface area contributed by atoms with Crippen molar-refractivity contribution in [3.63, 3.8) is 0 Å². The number of rotatable bonds is 7. The minimum atomic E-state index is -4.75. The number of nitrogens with zero attached hydrogens (tertiary/aromatic N) is 3. The van der Waals surface area contributed by atoms with Crippen LogP contribution in [0.25, 0.3) is 0 Å². The smallest absolute Gasteiger partial charge is 0.268 e. The second-order valence-corrected chi connectivity index (χ2v) is 11.0. The average Bonchev–Trinajstić information content (AvgIpc) is 3.05. The molecule has 33 heavy (non-hydrogen) atoms. The molecule has 1 aromatic heterocycles. The highest BCUT2D eigenvalue weighted by Crippen LogP contribution is 2.40. The van der Waals surface area contributed by atoms with E-state index in [1.165, 1.54) is 6.07 Å². The van der Waals surface area contributed by atoms with Gasteiger partial charge < -0.3 is 4.90 Å². The van der Waals surface area contributed by atoms with Crippen molar-refractivity contribution in [2.45, 2.75) is 63.6 Å². The van der Waals surface area contributed by atoms with E-state index in [-0.39, 0.29) is 23.3 Å². The summed E-state index contributed by atoms with van der Waals surface area (Å²) in [6, 6.07) is 4.83. The Morgan fingerprint density at radius 3 is 2.39 bits per heavy atom. The van der Waals surface area contributed by atoms with E-state index in [0.29, 0.717) is 13.1 Å². The van der Waals surface area contributed by atoms with Gasteiger partial charge in [-0.3, -0.25) is 9.62 Å². The van der Waals surface area contributed by atoms with E-state index in [0.717, 1.165) is 24.6 Å². The van der Waals surface area contributed by atoms with Gasteiger partial charge in [0, 0.05) is 36.8 Å². The van der Waals surface area contributed by atoms with Gasteiger partial charge in [-0.2, -0.15) is 4.39 Å². The van der Waals surface area contributed by atoms with Crippen LogP contribution in [0.3, 0.4) is 0 Å². The first-order valence-electron chi connectivity index (χ1n) is 10.6. The van der Waals surface area contributed by atoms with E-state index < -0.39 is 43.3 Å². The van der Waals surface area contributed by atoms with Gasteiger partial charge in [-0.05, 0) is 53.2 Å². The van der Waals surface area contributed by atoms with Crippen LogP contribution in [-0.2, 0) is 10.0 Å². The van der Waals surface area contributed by atoms with E-state index in [9.17, 15) is 17.2 Å². The zero-order valence-electron chi connectivity index (χ0n) is 19.2. The Kier molecular flexibility index (Phi) is 7.21. The van der Waals surface area contributed by atoms with Gasteiger partial charge in [0.1, 0.15) is 16.7 Å². The van der Waals surface area contributed by atoms with Crippen molar-refractivity contribution < 1.29 is 21.6 Å². The van der Waals surface area contributed by atoms with E-state index in [1.54, 1.807) is 4.90 Å². The maximum Gasteiger partial charge on any atom is 0.268 e. The molecule has 0 bridgehead atoms. The Hall–Kier alpha value is -2.04. The summed E-state index contributed by atoms with van der Waals surface area (Å²) in [6.45, 7) is 11.5. The molecule has 1 unspecified atom stereocenters. The van der Waals surface area contributed by atoms with Crippen LogP contribution in [0.1, 0.15) is 41.0 Å². The standard InChI is InChI=1S/C22H28ClF3N4O2S/c1-13(2)30(14(3)4)22(5)9-10-29(12-22)16-11-15(24)21(20(26)19(16)23)33(31,32)28-18-8-6-7-17(25)27-18/h6-8,11,13-14H,9-10,12H2,1-5H3,(H,27,28). The molecule has 1 aromatic carbocycles. The highest BCUT2D eigenvalue weighted by Gasteiger charge is 2.42. The van der Waals surface area contributed by atoms with Crippen LogP contribution in [0, 0.1) is 17.6 Å². The summed E-state index contributed by atoms with van der Waals surface area (Å²) in [5.41, 5.74) is -0.167. The fraction of sp³-hybridized carbons (Fsp3) is 0.500. The lowest BCUT2D eigenvalue weighted by molar-refractivity contribution is 0.0529. The molecule has 1 atom stereocenters. The number of anilines is 2. The molecule has 0 spiro atoms. The first kappa shape index (κ1) is 25.6. The molecule has 2 aromatic rings. The summed E-state index contributed by atoms with van der Waals surface area (Å²) in [5.74, 6) is -4.06. The molecule has 11 heteroatoms. The molecule has 1 N–H and O–H groups in total. The molecule has 182 valence electrons. The number of halogens is 4. The summed E-state index contributed by atoms with van der Waals surface area (Å²) < 4.78 is 70.6. The quantitative estimate of drug-likeness (QED) is 0.422. The Morgan fingerprint density at radius 2 is 1.82 bits per heavy atom. The third-order valence-electron chi connectivity index (χ3n) is 5.85. The third-order valence-corrected chi connectivity index (χ3v) is 7.60. The minimum absolute atomic E-state index is 0.0886. The monoisotopic (exact) mass is 504 g/mol. The predicted molar refractivity (Wildman–Crippen MR) is 124 cm³/mol. The Bertz CT molecular complexity index is 1140. The maximum absolute atomic E-state index is 15.1. The van der Waals surface area contributed by atoms with E-state index >= 15 is 4.39 Å². The van der Waals surface area contributed by atoms with Crippen LogP contribution in [0.5, 0.6) is 0 Å². The number of pyridine rings is 1. The maximum atomic E-state index is 15.1. The van der Waals surface area contributed by atoms with Crippen LogP contribution in [0.4, 0.5) is 24.7 Å². The zero-order chi connectivity index (χ0) is 24.7. The molecule has 0 radical (unpaired) electrons. The van der Waals surface area contributed by atoms with Crippen LogP contribution >= 0.6 is 11.6 Å². The van der Waals surface area contributed by atoms with Gasteiger partial charge >= 0.3 is 0 Å². The predicted octanol–water partition coefficient (Wildman–Crippen LogP) is 5.04. The van der Waals surface area contributed by atoms with Crippen molar-refractivity contribution in [1.82, 2.24) is 9.88 Å². The van der Waals surface area contributed by atoms with E-state index in [2.05, 4.69) is 44.5 Å². The fourth-order valence-corrected chi connectivity index (χ4v) is 6.37. The number of sulfonamides is 1. The van der Waals surface area contributed by atoms with Crippen molar-refractivity contribution in [2.24, 2.45) is 0 Å². The number of nitrogens with one attached hydrogen (secondary N) is 1. The molecule has 6 nitrogen and oxygen atoms in total. The van der Waals surface area contributed by atoms with Crippen molar-refractivity contribution in [2.75, 3.05) is 22.7 Å². The molecule has 3 rings (SSSR count). The minimum Gasteiger partial charge on any atom is -0.368 e. The summed E-state index contributed by atoms with van der Waals surface area (Å²) in [6.07, 6.45) is 0.746. The molecule has 0 saturated carbocycles. The summed E-state index contributed by atoms with van der Waals surface area (Å²) >= 11 is 6.22. The molecule has 0 aliphatic carbocycles. The summed E-state index contributed by atoms with van der Waals surface area (Å²) in [4.78, 5) is 6.24. The normalized spacial score (nSPS) is 19.2. The second kappa shape index (κ2) is 9.31. The first-order chi connectivity index (χ1) is 15.3. The zero-order valence-corrected chi connectivity index (χ0v) is 20.7. The van der Waals surface area contributed by atoms with Crippen molar-refractivity contribution in [3.05, 3.63) is 46.9 Å². The molecular weight excluding hydrogens is 477 g/mol. The lowest BCUT2D eigenvalue weighted by Gasteiger charge is -2.44. The SMILES string of the molecule is CC(C)N(C(C)C)C1(C)CCN(c2cc(F)c(S(=O)(=O)Nc3cccc(F)n3)c(F)c2Cl)C1. The first-order valence-corrected chi connectivity index (χ1v) is 12.5. The molecule has 1 saturated heterocycles. The molecule has 2 heterocycles. The largest absolute Gasteiger partial charge is 0.368 e. The molecular formula is C22H28ClF3N4O2S. The number of aromatic nitrogens is 1. The Labute approximate surface area is 197 Å². The number of hydrogen-bond acceptors (Lipinski definition) is 5. The van der Waals surface area contributed by atoms with Crippen molar-refractivity contribution in [3.8, 4) is 0 Å². The lowest BCUT2D eigenvalue weighted by atomic mass is 9.95. The van der Waals surface area contributed by atoms with Gasteiger partial charge in [0.25, 0.3) is 10.0 Å². The van der Waals surface area contributed by atoms with Crippen LogP contribution in [-0.4, -0.2) is 49.0 Å². The molecule has 1 aliphatic heterocycles. The molecule has 1 aliphatic rings. The van der Waals surface area contributed by atoms with Gasteiger partial charge in [-0.25, -0.2) is 22.2 Å². The number of hydrogen-bond donors (Lipinski definition) is 1. The Balaban J connectivity index is 1.95. The third kappa shape index (κ3) is 5.07. The highest BCUT2D eigenvalue weighted by atomic mass is 35.5. The second-order valence-electron chi connectivity index (χ2n) is 9.05. The average molecular weight is 505 g/mol. The van der Waals surface area contributed by atoms with E-state index in [1.807, 2.05) is 4.72 Å². The molecule has 0 amide bonds. The van der Waals surface area contributed by atoms with Crippen LogP contribution in [0.15, 0.2) is 29.2 Å². The lowest BCUT2D eigenvalue weighted by Crippen LogP contribution is -2.54. The van der Waals surface area contributed by atoms with Crippen molar-refractivity contribution >= 4 is 33.1 Å². The topological polar surface area (TPSA) is 65.5 Å².